The van der Waals surface area contributed by atoms with Crippen molar-refractivity contribution in [2.24, 2.45) is 5.41 Å². The summed E-state index contributed by atoms with van der Waals surface area (Å²) in [6.45, 7) is 11.1. The Morgan fingerprint density at radius 2 is 1.61 bits per heavy atom. The molecule has 5 rings (SSSR count). The van der Waals surface area contributed by atoms with Gasteiger partial charge in [-0.15, -0.1) is 0 Å². The molecule has 226 valence electrons. The molecule has 0 saturated carbocycles. The molecule has 0 heterocycles. The number of aryl methyl sites for hydroxylation is 1. The zero-order valence-electron chi connectivity index (χ0n) is 26.3. The van der Waals surface area contributed by atoms with Crippen LogP contribution in [0.5, 0.6) is 0 Å². The summed E-state index contributed by atoms with van der Waals surface area (Å²) in [5.74, 6) is -0.273. The first-order chi connectivity index (χ1) is 21.0. The predicted molar refractivity (Wildman–Crippen MR) is 183 cm³/mol. The summed E-state index contributed by atoms with van der Waals surface area (Å²) in [5, 5.41) is 6.75. The third-order valence-electron chi connectivity index (χ3n) is 8.94. The molecule has 0 radical (unpaired) electrons. The molecule has 44 heavy (non-hydrogen) atoms. The lowest BCUT2D eigenvalue weighted by molar-refractivity contribution is -0.119. The van der Waals surface area contributed by atoms with Gasteiger partial charge in [0.1, 0.15) is 0 Å². The number of benzene rings is 4. The van der Waals surface area contributed by atoms with E-state index in [2.05, 4.69) is 42.7 Å². The lowest BCUT2D eigenvalue weighted by Crippen LogP contribution is -2.39. The molecule has 0 spiro atoms. The number of allylic oxidation sites excluding steroid dienone is 2. The van der Waals surface area contributed by atoms with Crippen LogP contribution in [-0.4, -0.2) is 18.4 Å². The second kappa shape index (κ2) is 12.8. The van der Waals surface area contributed by atoms with Gasteiger partial charge in [0.25, 0.3) is 5.91 Å². The molecule has 1 aliphatic carbocycles. The first-order valence-electron chi connectivity index (χ1n) is 15.4. The molecule has 4 aromatic rings. The maximum atomic E-state index is 14.4. The quantitative estimate of drug-likeness (QED) is 0.210. The molecule has 0 aliphatic heterocycles. The van der Waals surface area contributed by atoms with Crippen molar-refractivity contribution in [1.82, 2.24) is 5.32 Å². The van der Waals surface area contributed by atoms with Gasteiger partial charge in [0, 0.05) is 22.8 Å². The van der Waals surface area contributed by atoms with Crippen molar-refractivity contribution in [2.45, 2.75) is 59.3 Å². The largest absolute Gasteiger partial charge is 0.352 e. The van der Waals surface area contributed by atoms with Crippen LogP contribution < -0.4 is 10.6 Å². The molecule has 0 bridgehead atoms. The Morgan fingerprint density at radius 1 is 0.886 bits per heavy atom. The molecular formula is C39H41ClN2O2. The van der Waals surface area contributed by atoms with Crippen molar-refractivity contribution in [1.29, 1.82) is 0 Å². The number of nitrogens with one attached hydrogen (secondary N) is 2. The van der Waals surface area contributed by atoms with E-state index >= 15 is 0 Å². The number of anilines is 1. The molecule has 5 heteroatoms. The maximum Gasteiger partial charge on any atom is 0.251 e. The number of rotatable bonds is 8. The Balaban J connectivity index is 1.50. The molecule has 0 aromatic heterocycles. The van der Waals surface area contributed by atoms with Crippen LogP contribution in [0, 0.1) is 12.3 Å². The number of halogens is 1. The van der Waals surface area contributed by atoms with Crippen LogP contribution in [0.1, 0.15) is 79.6 Å². The van der Waals surface area contributed by atoms with E-state index in [0.717, 1.165) is 52.6 Å². The van der Waals surface area contributed by atoms with Gasteiger partial charge >= 0.3 is 0 Å². The summed E-state index contributed by atoms with van der Waals surface area (Å²) >= 11 is 6.16. The van der Waals surface area contributed by atoms with E-state index in [0.29, 0.717) is 28.2 Å². The summed E-state index contributed by atoms with van der Waals surface area (Å²) in [5.41, 5.74) is 8.00. The highest BCUT2D eigenvalue weighted by molar-refractivity contribution is 6.30. The second-order valence-electron chi connectivity index (χ2n) is 12.7. The van der Waals surface area contributed by atoms with Gasteiger partial charge in [0.05, 0.1) is 5.41 Å². The van der Waals surface area contributed by atoms with Crippen molar-refractivity contribution < 1.29 is 9.59 Å². The number of carbonyl (C=O) groups excluding carboxylic acids is 2. The van der Waals surface area contributed by atoms with Crippen LogP contribution in [0.2, 0.25) is 5.02 Å². The molecule has 0 saturated heterocycles. The van der Waals surface area contributed by atoms with E-state index in [9.17, 15) is 9.59 Å². The van der Waals surface area contributed by atoms with Gasteiger partial charge in [-0.25, -0.2) is 0 Å². The molecule has 1 unspecified atom stereocenters. The van der Waals surface area contributed by atoms with Gasteiger partial charge in [-0.05, 0) is 121 Å². The van der Waals surface area contributed by atoms with Crippen LogP contribution >= 0.6 is 11.6 Å². The Hall–Kier alpha value is -4.15. The van der Waals surface area contributed by atoms with Crippen molar-refractivity contribution in [3.8, 4) is 11.1 Å². The van der Waals surface area contributed by atoms with Gasteiger partial charge in [0.15, 0.2) is 0 Å². The lowest BCUT2D eigenvalue weighted by atomic mass is 9.73. The summed E-state index contributed by atoms with van der Waals surface area (Å²) < 4.78 is 0. The highest BCUT2D eigenvalue weighted by Crippen LogP contribution is 2.40. The standard InChI is InChI=1S/C39H41ClN2O2/c1-6-41-36(43)29-10-14-31(15-11-29)39(5,32-9-7-8-30(25-32)27-20-22-38(3,4)23-21-27)37(44)42-34-17-12-28(13-18-34)35-19-16-33(40)24-26(35)2/h7-20,24-25H,6,21-23H2,1-5H3,(H,41,43)(H,42,44). The van der Waals surface area contributed by atoms with Gasteiger partial charge in [0.2, 0.25) is 5.91 Å². The molecule has 2 N–H and O–H groups in total. The van der Waals surface area contributed by atoms with Gasteiger partial charge in [-0.2, -0.15) is 0 Å². The van der Waals surface area contributed by atoms with E-state index in [1.165, 1.54) is 5.57 Å². The van der Waals surface area contributed by atoms with Gasteiger partial charge < -0.3 is 10.6 Å². The zero-order chi connectivity index (χ0) is 31.5. The topological polar surface area (TPSA) is 58.2 Å². The number of hydrogen-bond donors (Lipinski definition) is 2. The minimum Gasteiger partial charge on any atom is -0.352 e. The molecule has 0 fully saturated rings. The SMILES string of the molecule is CCNC(=O)c1ccc(C(C)(C(=O)Nc2ccc(-c3ccc(Cl)cc3C)cc2)c2cccc(C3=CCC(C)(C)CC3)c2)cc1. The van der Waals surface area contributed by atoms with Crippen LogP contribution in [-0.2, 0) is 10.2 Å². The zero-order valence-corrected chi connectivity index (χ0v) is 27.0. The van der Waals surface area contributed by atoms with Crippen molar-refractivity contribution in [3.63, 3.8) is 0 Å². The summed E-state index contributed by atoms with van der Waals surface area (Å²) in [7, 11) is 0. The van der Waals surface area contributed by atoms with Crippen LogP contribution in [0.3, 0.4) is 0 Å². The fourth-order valence-electron chi connectivity index (χ4n) is 5.96. The van der Waals surface area contributed by atoms with Crippen molar-refractivity contribution in [3.05, 3.63) is 130 Å². The summed E-state index contributed by atoms with van der Waals surface area (Å²) in [6, 6.07) is 29.5. The molecule has 1 atom stereocenters. The summed E-state index contributed by atoms with van der Waals surface area (Å²) in [4.78, 5) is 26.8. The predicted octanol–water partition coefficient (Wildman–Crippen LogP) is 9.60. The van der Waals surface area contributed by atoms with Crippen LogP contribution in [0.25, 0.3) is 16.7 Å². The van der Waals surface area contributed by atoms with E-state index < -0.39 is 5.41 Å². The molecular weight excluding hydrogens is 564 g/mol. The Labute approximate surface area is 266 Å². The van der Waals surface area contributed by atoms with Crippen molar-refractivity contribution >= 4 is 34.7 Å². The van der Waals surface area contributed by atoms with E-state index in [4.69, 9.17) is 11.6 Å². The average molecular weight is 605 g/mol. The third-order valence-corrected chi connectivity index (χ3v) is 9.18. The molecule has 1 aliphatic rings. The Morgan fingerprint density at radius 3 is 2.25 bits per heavy atom. The number of hydrogen-bond acceptors (Lipinski definition) is 2. The highest BCUT2D eigenvalue weighted by Gasteiger charge is 2.38. The molecule has 2 amide bonds. The Kier molecular flexibility index (Phi) is 9.12. The molecule has 4 aromatic carbocycles. The minimum atomic E-state index is -1.02. The van der Waals surface area contributed by atoms with E-state index in [1.54, 1.807) is 12.1 Å². The minimum absolute atomic E-state index is 0.129. The van der Waals surface area contributed by atoms with Crippen LogP contribution in [0.4, 0.5) is 5.69 Å². The van der Waals surface area contributed by atoms with E-state index in [-0.39, 0.29) is 11.8 Å². The lowest BCUT2D eigenvalue weighted by Gasteiger charge is -2.32. The first-order valence-corrected chi connectivity index (χ1v) is 15.7. The number of carbonyl (C=O) groups is 2. The van der Waals surface area contributed by atoms with Crippen molar-refractivity contribution in [2.75, 3.05) is 11.9 Å². The normalized spacial score (nSPS) is 15.5. The smallest absolute Gasteiger partial charge is 0.251 e. The average Bonchev–Trinajstić information content (AvgIpc) is 3.01. The molecule has 4 nitrogen and oxygen atoms in total. The van der Waals surface area contributed by atoms with Gasteiger partial charge in [-0.3, -0.25) is 9.59 Å². The summed E-state index contributed by atoms with van der Waals surface area (Å²) in [6.07, 6.45) is 5.54. The second-order valence-corrected chi connectivity index (χ2v) is 13.2. The monoisotopic (exact) mass is 604 g/mol. The maximum absolute atomic E-state index is 14.4. The third kappa shape index (κ3) is 6.66. The van der Waals surface area contributed by atoms with Gasteiger partial charge in [-0.1, -0.05) is 86.1 Å². The van der Waals surface area contributed by atoms with E-state index in [1.807, 2.05) is 87.5 Å². The Bertz CT molecular complexity index is 1700. The van der Waals surface area contributed by atoms with Crippen LogP contribution in [0.15, 0.2) is 97.1 Å². The fourth-order valence-corrected chi connectivity index (χ4v) is 6.18. The number of amides is 2. The first kappa shape index (κ1) is 31.3. The fraction of sp³-hybridized carbons (Fsp3) is 0.282. The highest BCUT2D eigenvalue weighted by atomic mass is 35.5.